The standard InChI is InChI=1S/C27H24Cl2N2O4/c28-16-32-26-14-18(1-11-24(26)34-22-7-3-20(30)4-8-22)13-19-2-12-25(27(15-19)33-17-29)35-23-9-5-21(31)6-10-23/h1-12,14-15H,13,16-17,30-31H2. The van der Waals surface area contributed by atoms with Gasteiger partial charge in [-0.2, -0.15) is 0 Å². The van der Waals surface area contributed by atoms with Gasteiger partial charge in [0.2, 0.25) is 0 Å². The number of anilines is 2. The maximum atomic E-state index is 5.95. The molecule has 0 spiro atoms. The Labute approximate surface area is 213 Å². The van der Waals surface area contributed by atoms with Crippen LogP contribution in [0.2, 0.25) is 0 Å². The lowest BCUT2D eigenvalue weighted by Crippen LogP contribution is -1.98. The molecule has 0 radical (unpaired) electrons. The molecule has 0 saturated carbocycles. The first-order valence-electron chi connectivity index (χ1n) is 10.7. The Morgan fingerprint density at radius 2 is 0.914 bits per heavy atom. The molecule has 35 heavy (non-hydrogen) atoms. The molecular formula is C27H24Cl2N2O4. The Kier molecular flexibility index (Phi) is 8.08. The molecule has 0 saturated heterocycles. The molecule has 6 nitrogen and oxygen atoms in total. The number of nitrogens with two attached hydrogens (primary N) is 2. The van der Waals surface area contributed by atoms with Crippen LogP contribution >= 0.6 is 23.2 Å². The highest BCUT2D eigenvalue weighted by Crippen LogP contribution is 2.36. The lowest BCUT2D eigenvalue weighted by molar-refractivity contribution is 0.358. The van der Waals surface area contributed by atoms with Crippen LogP contribution in [-0.2, 0) is 6.42 Å². The Bertz CT molecular complexity index is 1170. The topological polar surface area (TPSA) is 89.0 Å². The number of ether oxygens (including phenoxy) is 4. The summed E-state index contributed by atoms with van der Waals surface area (Å²) in [5.74, 6) is 3.47. The molecule has 4 aromatic carbocycles. The smallest absolute Gasteiger partial charge is 0.169 e. The molecule has 4 rings (SSSR count). The van der Waals surface area contributed by atoms with E-state index < -0.39 is 0 Å². The summed E-state index contributed by atoms with van der Waals surface area (Å²) in [5.41, 5.74) is 14.8. The highest BCUT2D eigenvalue weighted by atomic mass is 35.5. The fraction of sp³-hybridized carbons (Fsp3) is 0.111. The van der Waals surface area contributed by atoms with Gasteiger partial charge in [0.1, 0.15) is 11.5 Å². The van der Waals surface area contributed by atoms with Gasteiger partial charge in [0.25, 0.3) is 0 Å². The number of rotatable bonds is 10. The third-order valence-electron chi connectivity index (χ3n) is 5.06. The van der Waals surface area contributed by atoms with Crippen molar-refractivity contribution in [2.24, 2.45) is 0 Å². The predicted octanol–water partition coefficient (Wildman–Crippen LogP) is 7.18. The molecule has 180 valence electrons. The van der Waals surface area contributed by atoms with Crippen LogP contribution in [0.15, 0.2) is 84.9 Å². The van der Waals surface area contributed by atoms with Crippen LogP contribution in [-0.4, -0.2) is 12.1 Å². The molecule has 4 aromatic rings. The van der Waals surface area contributed by atoms with Gasteiger partial charge < -0.3 is 30.4 Å². The maximum absolute atomic E-state index is 5.95. The van der Waals surface area contributed by atoms with Crippen molar-refractivity contribution in [3.05, 3.63) is 96.1 Å². The number of alkyl halides is 2. The summed E-state index contributed by atoms with van der Waals surface area (Å²) in [4.78, 5) is 0. The van der Waals surface area contributed by atoms with Crippen molar-refractivity contribution in [2.75, 3.05) is 23.6 Å². The quantitative estimate of drug-likeness (QED) is 0.173. The van der Waals surface area contributed by atoms with E-state index in [-0.39, 0.29) is 12.1 Å². The SMILES string of the molecule is Nc1ccc(Oc2ccc(Cc3ccc(Oc4ccc(N)cc4)c(OCCl)c3)cc2OCCl)cc1. The zero-order chi connectivity index (χ0) is 24.6. The van der Waals surface area contributed by atoms with Crippen LogP contribution in [0, 0.1) is 0 Å². The molecular weight excluding hydrogens is 487 g/mol. The molecule has 0 aliphatic rings. The van der Waals surface area contributed by atoms with Gasteiger partial charge in [-0.05, 0) is 90.3 Å². The number of hydrogen-bond donors (Lipinski definition) is 2. The summed E-state index contributed by atoms with van der Waals surface area (Å²) in [6.45, 7) is 0. The summed E-state index contributed by atoms with van der Waals surface area (Å²) in [5, 5.41) is 0. The average molecular weight is 511 g/mol. The molecule has 0 aromatic heterocycles. The summed E-state index contributed by atoms with van der Waals surface area (Å²) in [6, 6.07) is 25.7. The third-order valence-corrected chi connectivity index (χ3v) is 5.28. The van der Waals surface area contributed by atoms with Gasteiger partial charge in [-0.25, -0.2) is 0 Å². The Hall–Kier alpha value is -3.74. The van der Waals surface area contributed by atoms with Gasteiger partial charge in [-0.3, -0.25) is 0 Å². The van der Waals surface area contributed by atoms with Crippen molar-refractivity contribution >= 4 is 34.6 Å². The number of nitrogen functional groups attached to an aromatic ring is 2. The van der Waals surface area contributed by atoms with E-state index in [1.54, 1.807) is 48.5 Å². The highest BCUT2D eigenvalue weighted by Gasteiger charge is 2.12. The molecule has 0 aliphatic carbocycles. The van der Waals surface area contributed by atoms with Crippen molar-refractivity contribution in [1.82, 2.24) is 0 Å². The van der Waals surface area contributed by atoms with Crippen LogP contribution < -0.4 is 30.4 Å². The summed E-state index contributed by atoms with van der Waals surface area (Å²) >= 11 is 11.7. The van der Waals surface area contributed by atoms with E-state index in [2.05, 4.69) is 0 Å². The zero-order valence-corrected chi connectivity index (χ0v) is 20.3. The molecule has 0 amide bonds. The van der Waals surface area contributed by atoms with E-state index in [9.17, 15) is 0 Å². The van der Waals surface area contributed by atoms with Gasteiger partial charge >= 0.3 is 0 Å². The van der Waals surface area contributed by atoms with Crippen LogP contribution in [0.5, 0.6) is 34.5 Å². The average Bonchev–Trinajstić information content (AvgIpc) is 2.85. The third kappa shape index (κ3) is 6.66. The second-order valence-electron chi connectivity index (χ2n) is 7.59. The Morgan fingerprint density at radius 1 is 0.514 bits per heavy atom. The van der Waals surface area contributed by atoms with Gasteiger partial charge in [-0.1, -0.05) is 35.3 Å². The zero-order valence-electron chi connectivity index (χ0n) is 18.7. The van der Waals surface area contributed by atoms with Crippen molar-refractivity contribution < 1.29 is 18.9 Å². The molecule has 0 aliphatic heterocycles. The Morgan fingerprint density at radius 3 is 1.29 bits per heavy atom. The normalized spacial score (nSPS) is 10.6. The number of hydrogen-bond acceptors (Lipinski definition) is 6. The molecule has 0 atom stereocenters. The van der Waals surface area contributed by atoms with E-state index in [0.29, 0.717) is 52.3 Å². The molecule has 0 fully saturated rings. The van der Waals surface area contributed by atoms with E-state index in [4.69, 9.17) is 53.6 Å². The van der Waals surface area contributed by atoms with Crippen LogP contribution in [0.3, 0.4) is 0 Å². The van der Waals surface area contributed by atoms with Gasteiger partial charge in [-0.15, -0.1) is 0 Å². The van der Waals surface area contributed by atoms with E-state index in [1.165, 1.54) is 0 Å². The lowest BCUT2D eigenvalue weighted by Gasteiger charge is -2.15. The van der Waals surface area contributed by atoms with Crippen LogP contribution in [0.4, 0.5) is 11.4 Å². The molecule has 0 heterocycles. The van der Waals surface area contributed by atoms with Crippen molar-refractivity contribution in [3.63, 3.8) is 0 Å². The van der Waals surface area contributed by atoms with Crippen molar-refractivity contribution in [3.8, 4) is 34.5 Å². The molecule has 4 N–H and O–H groups in total. The monoisotopic (exact) mass is 510 g/mol. The largest absolute Gasteiger partial charge is 0.474 e. The van der Waals surface area contributed by atoms with Gasteiger partial charge in [0, 0.05) is 11.4 Å². The molecule has 0 bridgehead atoms. The number of halogens is 2. The van der Waals surface area contributed by atoms with Gasteiger partial charge in [0.15, 0.2) is 35.1 Å². The first-order valence-corrected chi connectivity index (χ1v) is 11.8. The van der Waals surface area contributed by atoms with Crippen LogP contribution in [0.1, 0.15) is 11.1 Å². The van der Waals surface area contributed by atoms with E-state index in [0.717, 1.165) is 11.1 Å². The minimum atomic E-state index is -0.00751. The van der Waals surface area contributed by atoms with Crippen LogP contribution in [0.25, 0.3) is 0 Å². The van der Waals surface area contributed by atoms with E-state index >= 15 is 0 Å². The molecule has 8 heteroatoms. The second kappa shape index (κ2) is 11.6. The highest BCUT2D eigenvalue weighted by molar-refractivity contribution is 6.17. The summed E-state index contributed by atoms with van der Waals surface area (Å²) in [7, 11) is 0. The molecule has 0 unspecified atom stereocenters. The second-order valence-corrected chi connectivity index (χ2v) is 8.02. The first-order chi connectivity index (χ1) is 17.0. The van der Waals surface area contributed by atoms with Crippen molar-refractivity contribution in [1.29, 1.82) is 0 Å². The first kappa shape index (κ1) is 24.4. The minimum absolute atomic E-state index is 0.00751. The predicted molar refractivity (Wildman–Crippen MR) is 140 cm³/mol. The summed E-state index contributed by atoms with van der Waals surface area (Å²) in [6.07, 6.45) is 0.613. The Balaban J connectivity index is 1.54. The summed E-state index contributed by atoms with van der Waals surface area (Å²) < 4.78 is 23.1. The van der Waals surface area contributed by atoms with Crippen molar-refractivity contribution in [2.45, 2.75) is 6.42 Å². The fourth-order valence-corrected chi connectivity index (χ4v) is 3.63. The lowest BCUT2D eigenvalue weighted by atomic mass is 10.0. The fourth-order valence-electron chi connectivity index (χ4n) is 3.40. The minimum Gasteiger partial charge on any atom is -0.474 e. The maximum Gasteiger partial charge on any atom is 0.169 e. The van der Waals surface area contributed by atoms with E-state index in [1.807, 2.05) is 36.4 Å². The number of benzene rings is 4. The van der Waals surface area contributed by atoms with Gasteiger partial charge in [0.05, 0.1) is 0 Å².